The predicted octanol–water partition coefficient (Wildman–Crippen LogP) is 4.90. The van der Waals surface area contributed by atoms with Crippen molar-refractivity contribution in [1.82, 2.24) is 0 Å². The Kier molecular flexibility index (Phi) is 5.04. The van der Waals surface area contributed by atoms with Gasteiger partial charge in [0.25, 0.3) is 0 Å². The zero-order valence-electron chi connectivity index (χ0n) is 11.0. The summed E-state index contributed by atoms with van der Waals surface area (Å²) in [6.45, 7) is 1.84. The lowest BCUT2D eigenvalue weighted by atomic mass is 10.2. The Morgan fingerprint density at radius 2 is 1.62 bits per heavy atom. The number of sulfonamides is 1. The van der Waals surface area contributed by atoms with Gasteiger partial charge in [0, 0.05) is 26.3 Å². The number of hydrogen-bond acceptors (Lipinski definition) is 2. The largest absolute Gasteiger partial charge is 0.283 e. The molecule has 0 aromatic heterocycles. The molecule has 0 aliphatic heterocycles. The third-order valence-corrected chi connectivity index (χ3v) is 5.17. The Morgan fingerprint density at radius 1 is 1.00 bits per heavy atom. The summed E-state index contributed by atoms with van der Waals surface area (Å²) in [4.78, 5) is 0. The maximum atomic E-state index is 12.2. The second-order valence-corrected chi connectivity index (χ2v) is 7.47. The molecule has 7 heteroatoms. The number of aryl methyl sites for hydroxylation is 1. The van der Waals surface area contributed by atoms with Gasteiger partial charge in [-0.25, -0.2) is 8.42 Å². The molecule has 0 radical (unpaired) electrons. The molecule has 0 spiro atoms. The number of nitrogens with one attached hydrogen (secondary N) is 1. The van der Waals surface area contributed by atoms with Crippen molar-refractivity contribution in [3.8, 4) is 0 Å². The molecule has 0 aliphatic carbocycles. The molecule has 0 unspecified atom stereocenters. The molecule has 0 aliphatic rings. The Labute approximate surface area is 138 Å². The molecule has 2 aromatic rings. The van der Waals surface area contributed by atoms with Crippen molar-refractivity contribution in [2.75, 3.05) is 4.72 Å². The standard InChI is InChI=1S/C14H12Cl3NO2S/c1-9-5-6-10(7-14(9)17)18-21(19,20)8-11-12(15)3-2-4-13(11)16/h2-7,18H,8H2,1H3. The van der Waals surface area contributed by atoms with Gasteiger partial charge in [0.2, 0.25) is 10.0 Å². The first-order valence-electron chi connectivity index (χ1n) is 5.98. The molecule has 2 rings (SSSR count). The SMILES string of the molecule is Cc1ccc(NS(=O)(=O)Cc2c(Cl)cccc2Cl)cc1Cl. The van der Waals surface area contributed by atoms with Crippen molar-refractivity contribution in [3.05, 3.63) is 62.6 Å². The van der Waals surface area contributed by atoms with Crippen LogP contribution in [0.25, 0.3) is 0 Å². The highest BCUT2D eigenvalue weighted by atomic mass is 35.5. The molecule has 112 valence electrons. The first-order chi connectivity index (χ1) is 9.78. The third kappa shape index (κ3) is 4.27. The second-order valence-electron chi connectivity index (χ2n) is 4.53. The summed E-state index contributed by atoms with van der Waals surface area (Å²) >= 11 is 17.9. The lowest BCUT2D eigenvalue weighted by Crippen LogP contribution is -2.15. The molecule has 0 saturated carbocycles. The minimum atomic E-state index is -3.64. The maximum absolute atomic E-state index is 12.2. The van der Waals surface area contributed by atoms with Gasteiger partial charge in [-0.1, -0.05) is 46.9 Å². The van der Waals surface area contributed by atoms with Gasteiger partial charge in [-0.3, -0.25) is 4.72 Å². The normalized spacial score (nSPS) is 11.4. The fourth-order valence-corrected chi connectivity index (χ4v) is 3.85. The van der Waals surface area contributed by atoms with Gasteiger partial charge in [0.15, 0.2) is 0 Å². The van der Waals surface area contributed by atoms with Crippen LogP contribution in [0.15, 0.2) is 36.4 Å². The molecule has 0 atom stereocenters. The number of hydrogen-bond donors (Lipinski definition) is 1. The van der Waals surface area contributed by atoms with E-state index in [0.29, 0.717) is 26.3 Å². The smallest absolute Gasteiger partial charge is 0.237 e. The van der Waals surface area contributed by atoms with E-state index in [2.05, 4.69) is 4.72 Å². The highest BCUT2D eigenvalue weighted by molar-refractivity contribution is 7.91. The predicted molar refractivity (Wildman–Crippen MR) is 88.9 cm³/mol. The van der Waals surface area contributed by atoms with Crippen molar-refractivity contribution in [2.24, 2.45) is 0 Å². The number of halogens is 3. The van der Waals surface area contributed by atoms with Gasteiger partial charge < -0.3 is 0 Å². The van der Waals surface area contributed by atoms with Crippen LogP contribution in [0, 0.1) is 6.92 Å². The zero-order chi connectivity index (χ0) is 15.6. The van der Waals surface area contributed by atoms with E-state index >= 15 is 0 Å². The molecular weight excluding hydrogens is 353 g/mol. The monoisotopic (exact) mass is 363 g/mol. The van der Waals surface area contributed by atoms with Crippen LogP contribution < -0.4 is 4.72 Å². The summed E-state index contributed by atoms with van der Waals surface area (Å²) in [5.74, 6) is -0.309. The van der Waals surface area contributed by atoms with Crippen LogP contribution in [-0.4, -0.2) is 8.42 Å². The Hall–Kier alpha value is -0.940. The Balaban J connectivity index is 2.25. The van der Waals surface area contributed by atoms with Crippen LogP contribution in [-0.2, 0) is 15.8 Å². The van der Waals surface area contributed by atoms with E-state index in [-0.39, 0.29) is 5.75 Å². The lowest BCUT2D eigenvalue weighted by molar-refractivity contribution is 0.600. The van der Waals surface area contributed by atoms with E-state index in [4.69, 9.17) is 34.8 Å². The van der Waals surface area contributed by atoms with Crippen molar-refractivity contribution < 1.29 is 8.42 Å². The molecule has 2 aromatic carbocycles. The summed E-state index contributed by atoms with van der Waals surface area (Å²) in [6, 6.07) is 9.80. The van der Waals surface area contributed by atoms with E-state index in [1.54, 1.807) is 36.4 Å². The molecule has 3 nitrogen and oxygen atoms in total. The highest BCUT2D eigenvalue weighted by Crippen LogP contribution is 2.27. The molecule has 0 bridgehead atoms. The topological polar surface area (TPSA) is 46.2 Å². The van der Waals surface area contributed by atoms with Gasteiger partial charge in [0.05, 0.1) is 5.75 Å². The minimum absolute atomic E-state index is 0.309. The third-order valence-electron chi connectivity index (χ3n) is 2.84. The van der Waals surface area contributed by atoms with E-state index < -0.39 is 10.0 Å². The van der Waals surface area contributed by atoms with Gasteiger partial charge in [0.1, 0.15) is 0 Å². The summed E-state index contributed by atoms with van der Waals surface area (Å²) in [6.07, 6.45) is 0. The van der Waals surface area contributed by atoms with Gasteiger partial charge in [-0.2, -0.15) is 0 Å². The van der Waals surface area contributed by atoms with Crippen LogP contribution in [0.5, 0.6) is 0 Å². The fraction of sp³-hybridized carbons (Fsp3) is 0.143. The van der Waals surface area contributed by atoms with Crippen molar-refractivity contribution >= 4 is 50.5 Å². The van der Waals surface area contributed by atoms with Crippen molar-refractivity contribution in [1.29, 1.82) is 0 Å². The molecule has 0 saturated heterocycles. The highest BCUT2D eigenvalue weighted by Gasteiger charge is 2.17. The summed E-state index contributed by atoms with van der Waals surface area (Å²) in [7, 11) is -3.64. The van der Waals surface area contributed by atoms with Crippen LogP contribution >= 0.6 is 34.8 Å². The summed E-state index contributed by atoms with van der Waals surface area (Å²) < 4.78 is 26.9. The van der Waals surface area contributed by atoms with Crippen molar-refractivity contribution in [3.63, 3.8) is 0 Å². The fourth-order valence-electron chi connectivity index (χ4n) is 1.73. The molecule has 0 heterocycles. The summed E-state index contributed by atoms with van der Waals surface area (Å²) in [5.41, 5.74) is 1.63. The molecule has 0 amide bonds. The first-order valence-corrected chi connectivity index (χ1v) is 8.76. The van der Waals surface area contributed by atoms with Crippen LogP contribution in [0.2, 0.25) is 15.1 Å². The van der Waals surface area contributed by atoms with Crippen LogP contribution in [0.1, 0.15) is 11.1 Å². The average Bonchev–Trinajstić information content (AvgIpc) is 2.38. The average molecular weight is 365 g/mol. The van der Waals surface area contributed by atoms with E-state index in [1.807, 2.05) is 6.92 Å². The molecule has 0 fully saturated rings. The van der Waals surface area contributed by atoms with E-state index in [0.717, 1.165) is 5.56 Å². The first kappa shape index (κ1) is 16.4. The minimum Gasteiger partial charge on any atom is -0.283 e. The zero-order valence-corrected chi connectivity index (χ0v) is 14.1. The number of rotatable bonds is 4. The summed E-state index contributed by atoms with van der Waals surface area (Å²) in [5, 5.41) is 1.12. The van der Waals surface area contributed by atoms with Gasteiger partial charge >= 0.3 is 0 Å². The lowest BCUT2D eigenvalue weighted by Gasteiger charge is -2.11. The van der Waals surface area contributed by atoms with E-state index in [9.17, 15) is 8.42 Å². The number of benzene rings is 2. The Morgan fingerprint density at radius 3 is 2.19 bits per heavy atom. The molecule has 21 heavy (non-hydrogen) atoms. The van der Waals surface area contributed by atoms with Crippen molar-refractivity contribution in [2.45, 2.75) is 12.7 Å². The van der Waals surface area contributed by atoms with Gasteiger partial charge in [-0.05, 0) is 36.8 Å². The van der Waals surface area contributed by atoms with Gasteiger partial charge in [-0.15, -0.1) is 0 Å². The second kappa shape index (κ2) is 6.44. The number of anilines is 1. The maximum Gasteiger partial charge on any atom is 0.237 e. The van der Waals surface area contributed by atoms with Crippen LogP contribution in [0.4, 0.5) is 5.69 Å². The van der Waals surface area contributed by atoms with E-state index in [1.165, 1.54) is 0 Å². The quantitative estimate of drug-likeness (QED) is 0.839. The molecular formula is C14H12Cl3NO2S. The Bertz CT molecular complexity index is 756. The molecule has 1 N–H and O–H groups in total. The van der Waals surface area contributed by atoms with Crippen LogP contribution in [0.3, 0.4) is 0 Å².